The van der Waals surface area contributed by atoms with Gasteiger partial charge >= 0.3 is 5.97 Å². The van der Waals surface area contributed by atoms with Gasteiger partial charge in [0.1, 0.15) is 0 Å². The van der Waals surface area contributed by atoms with E-state index in [0.717, 1.165) is 31.2 Å². The summed E-state index contributed by atoms with van der Waals surface area (Å²) in [5.74, 6) is 0.790. The number of carbonyl (C=O) groups excluding carboxylic acids is 2. The summed E-state index contributed by atoms with van der Waals surface area (Å²) in [7, 11) is 0. The average Bonchev–Trinajstić information content (AvgIpc) is 3.22. The first-order valence-corrected chi connectivity index (χ1v) is 8.00. The van der Waals surface area contributed by atoms with Gasteiger partial charge in [-0.05, 0) is 37.5 Å². The lowest BCUT2D eigenvalue weighted by atomic mass is 10.1. The summed E-state index contributed by atoms with van der Waals surface area (Å²) in [4.78, 5) is 24.0. The van der Waals surface area contributed by atoms with E-state index in [9.17, 15) is 9.59 Å². The highest BCUT2D eigenvalue weighted by molar-refractivity contribution is 5.84. The van der Waals surface area contributed by atoms with E-state index in [1.165, 1.54) is 0 Å². The van der Waals surface area contributed by atoms with Crippen LogP contribution < -0.4 is 14.8 Å². The van der Waals surface area contributed by atoms with Crippen molar-refractivity contribution in [1.29, 1.82) is 0 Å². The van der Waals surface area contributed by atoms with Crippen LogP contribution in [0.4, 0.5) is 0 Å². The number of ether oxygens (including phenoxy) is 3. The molecular formula is C17H21NO5. The molecular weight excluding hydrogens is 298 g/mol. The number of fused-ring (bicyclic) bond motifs is 1. The summed E-state index contributed by atoms with van der Waals surface area (Å²) in [6.45, 7) is 2.17. The van der Waals surface area contributed by atoms with E-state index in [2.05, 4.69) is 5.32 Å². The Morgan fingerprint density at radius 2 is 2.00 bits per heavy atom. The standard InChI is InChI=1S/C17H21NO5/c1-11(23-17(20)13-4-2-3-5-13)16(19)18-9-12-6-7-14-15(8-12)22-10-21-14/h6-8,11,13H,2-5,9-10H2,1H3,(H,18,19)/t11-/m1/s1. The molecule has 2 aliphatic rings. The maximum atomic E-state index is 12.1. The summed E-state index contributed by atoms with van der Waals surface area (Å²) in [6.07, 6.45) is 3.07. The Morgan fingerprint density at radius 1 is 1.26 bits per heavy atom. The molecule has 0 bridgehead atoms. The SMILES string of the molecule is C[C@@H](OC(=O)C1CCCC1)C(=O)NCc1ccc2c(c1)OCO2. The largest absolute Gasteiger partial charge is 0.454 e. The number of carbonyl (C=O) groups is 2. The lowest BCUT2D eigenvalue weighted by Gasteiger charge is -2.16. The van der Waals surface area contributed by atoms with E-state index in [0.29, 0.717) is 18.0 Å². The molecule has 0 aromatic heterocycles. The van der Waals surface area contributed by atoms with Crippen molar-refractivity contribution in [2.45, 2.75) is 45.3 Å². The molecule has 1 saturated carbocycles. The van der Waals surface area contributed by atoms with Crippen molar-refractivity contribution in [2.24, 2.45) is 5.92 Å². The normalized spacial score (nSPS) is 17.8. The molecule has 0 unspecified atom stereocenters. The molecule has 1 atom stereocenters. The molecule has 0 spiro atoms. The molecule has 1 N–H and O–H groups in total. The Labute approximate surface area is 135 Å². The third-order valence-corrected chi connectivity index (χ3v) is 4.25. The predicted molar refractivity (Wildman–Crippen MR) is 81.9 cm³/mol. The molecule has 23 heavy (non-hydrogen) atoms. The molecule has 1 aromatic rings. The van der Waals surface area contributed by atoms with Gasteiger partial charge in [0.05, 0.1) is 5.92 Å². The summed E-state index contributed by atoms with van der Waals surface area (Å²) < 4.78 is 15.8. The van der Waals surface area contributed by atoms with Crippen molar-refractivity contribution in [1.82, 2.24) is 5.32 Å². The number of hydrogen-bond acceptors (Lipinski definition) is 5. The highest BCUT2D eigenvalue weighted by atomic mass is 16.7. The Bertz CT molecular complexity index is 595. The fourth-order valence-corrected chi connectivity index (χ4v) is 2.87. The molecule has 1 aromatic carbocycles. The van der Waals surface area contributed by atoms with Gasteiger partial charge in [0.15, 0.2) is 17.6 Å². The third-order valence-electron chi connectivity index (χ3n) is 4.25. The molecule has 0 saturated heterocycles. The van der Waals surface area contributed by atoms with Crippen LogP contribution in [-0.2, 0) is 20.9 Å². The molecule has 1 amide bonds. The highest BCUT2D eigenvalue weighted by Gasteiger charge is 2.27. The minimum atomic E-state index is -0.780. The van der Waals surface area contributed by atoms with Gasteiger partial charge in [-0.1, -0.05) is 18.9 Å². The maximum absolute atomic E-state index is 12.1. The van der Waals surface area contributed by atoms with Gasteiger partial charge in [0.25, 0.3) is 5.91 Å². The molecule has 6 heteroatoms. The van der Waals surface area contributed by atoms with Gasteiger partial charge in [-0.3, -0.25) is 9.59 Å². The van der Waals surface area contributed by atoms with Crippen molar-refractivity contribution >= 4 is 11.9 Å². The van der Waals surface area contributed by atoms with Crippen LogP contribution in [-0.4, -0.2) is 24.8 Å². The molecule has 1 heterocycles. The van der Waals surface area contributed by atoms with Crippen molar-refractivity contribution in [2.75, 3.05) is 6.79 Å². The first-order chi connectivity index (χ1) is 11.1. The highest BCUT2D eigenvalue weighted by Crippen LogP contribution is 2.32. The lowest BCUT2D eigenvalue weighted by Crippen LogP contribution is -2.36. The minimum Gasteiger partial charge on any atom is -0.454 e. The van der Waals surface area contributed by atoms with E-state index in [1.807, 2.05) is 18.2 Å². The summed E-state index contributed by atoms with van der Waals surface area (Å²) in [5.41, 5.74) is 0.900. The molecule has 0 radical (unpaired) electrons. The van der Waals surface area contributed by atoms with Crippen LogP contribution in [0.5, 0.6) is 11.5 Å². The Hall–Kier alpha value is -2.24. The molecule has 6 nitrogen and oxygen atoms in total. The predicted octanol–water partition coefficient (Wildman–Crippen LogP) is 2.15. The smallest absolute Gasteiger partial charge is 0.309 e. The maximum Gasteiger partial charge on any atom is 0.309 e. The molecule has 1 fully saturated rings. The zero-order valence-corrected chi connectivity index (χ0v) is 13.2. The Balaban J connectivity index is 1.47. The van der Waals surface area contributed by atoms with E-state index in [4.69, 9.17) is 14.2 Å². The quantitative estimate of drug-likeness (QED) is 0.842. The zero-order valence-electron chi connectivity index (χ0n) is 13.2. The van der Waals surface area contributed by atoms with Crippen LogP contribution >= 0.6 is 0 Å². The number of nitrogens with one attached hydrogen (secondary N) is 1. The second kappa shape index (κ2) is 6.89. The van der Waals surface area contributed by atoms with Crippen molar-refractivity contribution in [3.8, 4) is 11.5 Å². The van der Waals surface area contributed by atoms with Gasteiger partial charge in [0, 0.05) is 6.54 Å². The summed E-state index contributed by atoms with van der Waals surface area (Å²) in [6, 6.07) is 5.51. The van der Waals surface area contributed by atoms with Crippen LogP contribution in [0, 0.1) is 5.92 Å². The van der Waals surface area contributed by atoms with Crippen molar-refractivity contribution < 1.29 is 23.8 Å². The summed E-state index contributed by atoms with van der Waals surface area (Å²) in [5, 5.41) is 2.77. The van der Waals surface area contributed by atoms with Crippen LogP contribution in [0.1, 0.15) is 38.2 Å². The first kappa shape index (κ1) is 15.6. The number of amides is 1. The monoisotopic (exact) mass is 319 g/mol. The first-order valence-electron chi connectivity index (χ1n) is 8.00. The minimum absolute atomic E-state index is 0.0425. The van der Waals surface area contributed by atoms with Crippen LogP contribution in [0.3, 0.4) is 0 Å². The molecule has 1 aliphatic carbocycles. The Morgan fingerprint density at radius 3 is 2.78 bits per heavy atom. The number of rotatable bonds is 5. The van der Waals surface area contributed by atoms with Crippen molar-refractivity contribution in [3.63, 3.8) is 0 Å². The number of esters is 1. The van der Waals surface area contributed by atoms with Crippen molar-refractivity contribution in [3.05, 3.63) is 23.8 Å². The number of hydrogen-bond donors (Lipinski definition) is 1. The second-order valence-corrected chi connectivity index (χ2v) is 5.97. The van der Waals surface area contributed by atoms with E-state index in [-0.39, 0.29) is 24.6 Å². The second-order valence-electron chi connectivity index (χ2n) is 5.97. The number of benzene rings is 1. The van der Waals surface area contributed by atoms with Gasteiger partial charge in [-0.25, -0.2) is 0 Å². The van der Waals surface area contributed by atoms with Gasteiger partial charge in [-0.2, -0.15) is 0 Å². The fourth-order valence-electron chi connectivity index (χ4n) is 2.87. The van der Waals surface area contributed by atoms with Gasteiger partial charge < -0.3 is 19.5 Å². The molecule has 3 rings (SSSR count). The van der Waals surface area contributed by atoms with E-state index in [1.54, 1.807) is 6.92 Å². The molecule has 1 aliphatic heterocycles. The van der Waals surface area contributed by atoms with E-state index < -0.39 is 6.10 Å². The summed E-state index contributed by atoms with van der Waals surface area (Å²) >= 11 is 0. The van der Waals surface area contributed by atoms with Crippen LogP contribution in [0.2, 0.25) is 0 Å². The van der Waals surface area contributed by atoms with Gasteiger partial charge in [0.2, 0.25) is 6.79 Å². The van der Waals surface area contributed by atoms with Crippen LogP contribution in [0.25, 0.3) is 0 Å². The zero-order chi connectivity index (χ0) is 16.2. The topological polar surface area (TPSA) is 73.9 Å². The van der Waals surface area contributed by atoms with Crippen LogP contribution in [0.15, 0.2) is 18.2 Å². The van der Waals surface area contributed by atoms with Gasteiger partial charge in [-0.15, -0.1) is 0 Å². The molecule has 124 valence electrons. The van der Waals surface area contributed by atoms with E-state index >= 15 is 0 Å². The average molecular weight is 319 g/mol. The Kier molecular flexibility index (Phi) is 4.69. The lowest BCUT2D eigenvalue weighted by molar-refractivity contribution is -0.158. The fraction of sp³-hybridized carbons (Fsp3) is 0.529. The third kappa shape index (κ3) is 3.75.